The molecule has 0 atom stereocenters. The van der Waals surface area contributed by atoms with Gasteiger partial charge in [-0.15, -0.1) is 0 Å². The molecule has 0 fully saturated rings. The van der Waals surface area contributed by atoms with Crippen molar-refractivity contribution in [3.8, 4) is 11.3 Å². The molecule has 94 valence electrons. The Labute approximate surface area is 106 Å². The molecule has 1 aromatic heterocycles. The van der Waals surface area contributed by atoms with E-state index in [1.165, 1.54) is 0 Å². The Bertz CT molecular complexity index is 580. The van der Waals surface area contributed by atoms with Crippen molar-refractivity contribution in [2.24, 2.45) is 7.05 Å². The normalized spacial score (nSPS) is 10.6. The zero-order valence-electron chi connectivity index (χ0n) is 10.8. The molecule has 0 unspecified atom stereocenters. The first-order valence-electron chi connectivity index (χ1n) is 5.79. The summed E-state index contributed by atoms with van der Waals surface area (Å²) >= 11 is 0. The van der Waals surface area contributed by atoms with Crippen molar-refractivity contribution in [1.29, 1.82) is 0 Å². The van der Waals surface area contributed by atoms with Crippen LogP contribution in [0.3, 0.4) is 0 Å². The highest BCUT2D eigenvalue weighted by Crippen LogP contribution is 2.25. The Kier molecular flexibility index (Phi) is 3.19. The number of aryl methyl sites for hydroxylation is 3. The summed E-state index contributed by atoms with van der Waals surface area (Å²) in [6.07, 6.45) is 1.90. The molecule has 0 aliphatic heterocycles. The highest BCUT2D eigenvalue weighted by atomic mass is 16.4. The number of benzene rings is 1. The third-order valence-corrected chi connectivity index (χ3v) is 3.08. The number of hydrogen-bond acceptors (Lipinski definition) is 2. The first-order valence-corrected chi connectivity index (χ1v) is 5.79. The van der Waals surface area contributed by atoms with E-state index < -0.39 is 5.97 Å². The SMILES string of the molecule is Cc1cc(-c2c(C)cnn2C)ccc1CC(=O)O. The molecule has 18 heavy (non-hydrogen) atoms. The Balaban J connectivity index is 2.43. The van der Waals surface area contributed by atoms with Crippen LogP contribution in [0.1, 0.15) is 16.7 Å². The summed E-state index contributed by atoms with van der Waals surface area (Å²) in [5.74, 6) is -0.803. The van der Waals surface area contributed by atoms with Crippen molar-refractivity contribution in [2.75, 3.05) is 0 Å². The van der Waals surface area contributed by atoms with Crippen LogP contribution >= 0.6 is 0 Å². The number of aliphatic carboxylic acids is 1. The summed E-state index contributed by atoms with van der Waals surface area (Å²) in [7, 11) is 1.91. The van der Waals surface area contributed by atoms with E-state index in [1.807, 2.05) is 50.0 Å². The molecule has 4 heteroatoms. The van der Waals surface area contributed by atoms with Crippen LogP contribution in [0.5, 0.6) is 0 Å². The monoisotopic (exact) mass is 244 g/mol. The summed E-state index contributed by atoms with van der Waals surface area (Å²) in [5, 5.41) is 13.0. The van der Waals surface area contributed by atoms with Gasteiger partial charge >= 0.3 is 5.97 Å². The fourth-order valence-corrected chi connectivity index (χ4v) is 2.17. The molecular weight excluding hydrogens is 228 g/mol. The van der Waals surface area contributed by atoms with E-state index in [0.717, 1.165) is 27.9 Å². The average molecular weight is 244 g/mol. The summed E-state index contributed by atoms with van der Waals surface area (Å²) in [4.78, 5) is 10.7. The van der Waals surface area contributed by atoms with Crippen LogP contribution in [0.2, 0.25) is 0 Å². The maximum Gasteiger partial charge on any atom is 0.307 e. The third-order valence-electron chi connectivity index (χ3n) is 3.08. The van der Waals surface area contributed by atoms with Gasteiger partial charge in [0, 0.05) is 12.6 Å². The molecule has 4 nitrogen and oxygen atoms in total. The van der Waals surface area contributed by atoms with E-state index in [0.29, 0.717) is 0 Å². The van der Waals surface area contributed by atoms with Crippen LogP contribution in [-0.4, -0.2) is 20.9 Å². The van der Waals surface area contributed by atoms with Crippen LogP contribution in [0.15, 0.2) is 24.4 Å². The molecule has 0 aliphatic carbocycles. The van der Waals surface area contributed by atoms with E-state index in [2.05, 4.69) is 5.10 Å². The van der Waals surface area contributed by atoms with Gasteiger partial charge < -0.3 is 5.11 Å². The predicted octanol–water partition coefficient (Wildman–Crippen LogP) is 2.33. The van der Waals surface area contributed by atoms with Crippen molar-refractivity contribution < 1.29 is 9.90 Å². The van der Waals surface area contributed by atoms with E-state index in [1.54, 1.807) is 0 Å². The molecule has 0 amide bonds. The Morgan fingerprint density at radius 3 is 2.56 bits per heavy atom. The van der Waals surface area contributed by atoms with E-state index in [-0.39, 0.29) is 6.42 Å². The Morgan fingerprint density at radius 2 is 2.06 bits per heavy atom. The topological polar surface area (TPSA) is 55.1 Å². The number of carboxylic acid groups (broad SMARTS) is 1. The van der Waals surface area contributed by atoms with Gasteiger partial charge in [-0.05, 0) is 36.6 Å². The summed E-state index contributed by atoms with van der Waals surface area (Å²) in [6.45, 7) is 3.95. The van der Waals surface area contributed by atoms with Crippen LogP contribution in [0.4, 0.5) is 0 Å². The lowest BCUT2D eigenvalue weighted by molar-refractivity contribution is -0.136. The number of aromatic nitrogens is 2. The molecular formula is C14H16N2O2. The van der Waals surface area contributed by atoms with Crippen LogP contribution < -0.4 is 0 Å². The van der Waals surface area contributed by atoms with E-state index >= 15 is 0 Å². The zero-order chi connectivity index (χ0) is 13.3. The van der Waals surface area contributed by atoms with Crippen molar-refractivity contribution >= 4 is 5.97 Å². The van der Waals surface area contributed by atoms with E-state index in [9.17, 15) is 4.79 Å². The molecule has 0 bridgehead atoms. The molecule has 0 radical (unpaired) electrons. The quantitative estimate of drug-likeness (QED) is 0.901. The average Bonchev–Trinajstić information content (AvgIpc) is 2.61. The molecule has 0 spiro atoms. The number of rotatable bonds is 3. The second-order valence-electron chi connectivity index (χ2n) is 4.51. The molecule has 1 N–H and O–H groups in total. The van der Waals surface area contributed by atoms with Gasteiger partial charge in [-0.25, -0.2) is 0 Å². The first-order chi connectivity index (χ1) is 8.49. The van der Waals surface area contributed by atoms with Gasteiger partial charge in [0.15, 0.2) is 0 Å². The highest BCUT2D eigenvalue weighted by molar-refractivity contribution is 5.72. The maximum absolute atomic E-state index is 10.7. The Morgan fingerprint density at radius 1 is 1.33 bits per heavy atom. The molecule has 2 rings (SSSR count). The fraction of sp³-hybridized carbons (Fsp3) is 0.286. The van der Waals surface area contributed by atoms with Gasteiger partial charge in [0.2, 0.25) is 0 Å². The van der Waals surface area contributed by atoms with Crippen LogP contribution in [-0.2, 0) is 18.3 Å². The van der Waals surface area contributed by atoms with Crippen molar-refractivity contribution in [3.05, 3.63) is 41.1 Å². The lowest BCUT2D eigenvalue weighted by Crippen LogP contribution is -2.02. The minimum Gasteiger partial charge on any atom is -0.481 e. The molecule has 2 aromatic rings. The molecule has 0 saturated heterocycles. The molecule has 1 aromatic carbocycles. The van der Waals surface area contributed by atoms with Gasteiger partial charge in [-0.1, -0.05) is 12.1 Å². The minimum atomic E-state index is -0.803. The van der Waals surface area contributed by atoms with Gasteiger partial charge in [0.25, 0.3) is 0 Å². The van der Waals surface area contributed by atoms with Gasteiger partial charge in [0.1, 0.15) is 0 Å². The number of carbonyl (C=O) groups is 1. The standard InChI is InChI=1S/C14H16N2O2/c1-9-6-12(5-4-11(9)7-13(17)18)14-10(2)8-15-16(14)3/h4-6,8H,7H2,1-3H3,(H,17,18). The summed E-state index contributed by atoms with van der Waals surface area (Å²) in [5.41, 5.74) is 5.10. The second kappa shape index (κ2) is 4.64. The van der Waals surface area contributed by atoms with Gasteiger partial charge in [-0.3, -0.25) is 9.48 Å². The molecule has 0 saturated carbocycles. The van der Waals surface area contributed by atoms with Crippen molar-refractivity contribution in [3.63, 3.8) is 0 Å². The first kappa shape index (κ1) is 12.4. The highest BCUT2D eigenvalue weighted by Gasteiger charge is 2.10. The molecule has 0 aliphatic rings. The maximum atomic E-state index is 10.7. The smallest absolute Gasteiger partial charge is 0.307 e. The Hall–Kier alpha value is -2.10. The zero-order valence-corrected chi connectivity index (χ0v) is 10.8. The minimum absolute atomic E-state index is 0.0660. The number of nitrogens with zero attached hydrogens (tertiary/aromatic N) is 2. The van der Waals surface area contributed by atoms with Crippen molar-refractivity contribution in [2.45, 2.75) is 20.3 Å². The van der Waals surface area contributed by atoms with Gasteiger partial charge in [-0.2, -0.15) is 5.10 Å². The lowest BCUT2D eigenvalue weighted by Gasteiger charge is -2.08. The lowest BCUT2D eigenvalue weighted by atomic mass is 10.00. The van der Waals surface area contributed by atoms with Crippen molar-refractivity contribution in [1.82, 2.24) is 9.78 Å². The number of hydrogen-bond donors (Lipinski definition) is 1. The van der Waals surface area contributed by atoms with Crippen LogP contribution in [0, 0.1) is 13.8 Å². The fourth-order valence-electron chi connectivity index (χ4n) is 2.17. The molecule has 1 heterocycles. The third kappa shape index (κ3) is 2.27. The summed E-state index contributed by atoms with van der Waals surface area (Å²) in [6, 6.07) is 5.85. The van der Waals surface area contributed by atoms with Crippen LogP contribution in [0.25, 0.3) is 11.3 Å². The number of carboxylic acids is 1. The largest absolute Gasteiger partial charge is 0.481 e. The van der Waals surface area contributed by atoms with Gasteiger partial charge in [0.05, 0.1) is 18.3 Å². The van der Waals surface area contributed by atoms with E-state index in [4.69, 9.17) is 5.11 Å². The summed E-state index contributed by atoms with van der Waals surface area (Å²) < 4.78 is 1.83. The second-order valence-corrected chi connectivity index (χ2v) is 4.51. The predicted molar refractivity (Wildman–Crippen MR) is 69.5 cm³/mol.